The number of morpholine rings is 1. The van der Waals surface area contributed by atoms with Crippen molar-refractivity contribution in [2.45, 2.75) is 18.9 Å². The molecular formula is C27H28N2O3. The van der Waals surface area contributed by atoms with Gasteiger partial charge in [0.25, 0.3) is 11.8 Å². The Bertz CT molecular complexity index is 1070. The zero-order valence-corrected chi connectivity index (χ0v) is 18.3. The highest BCUT2D eigenvalue weighted by Crippen LogP contribution is 2.31. The minimum absolute atomic E-state index is 0.0843. The van der Waals surface area contributed by atoms with Crippen LogP contribution in [0.25, 0.3) is 11.1 Å². The standard InChI is InChI=1S/C27H28N2O3/c1-2-28-26(31)27(19-23-15-9-10-16-24(23)21-11-5-3-6-12-21)20-29(17-18-32-27)25(30)22-13-7-4-8-14-22/h3-16H,2,17-20H2,1H3,(H,28,31). The predicted octanol–water partition coefficient (Wildman–Crippen LogP) is 3.94. The lowest BCUT2D eigenvalue weighted by Gasteiger charge is -2.42. The summed E-state index contributed by atoms with van der Waals surface area (Å²) >= 11 is 0. The summed E-state index contributed by atoms with van der Waals surface area (Å²) in [6.45, 7) is 3.35. The summed E-state index contributed by atoms with van der Waals surface area (Å²) < 4.78 is 6.19. The third kappa shape index (κ3) is 4.58. The Balaban J connectivity index is 1.68. The highest BCUT2D eigenvalue weighted by Gasteiger charge is 2.45. The van der Waals surface area contributed by atoms with Gasteiger partial charge >= 0.3 is 0 Å². The molecule has 164 valence electrons. The number of carbonyl (C=O) groups is 2. The topological polar surface area (TPSA) is 58.6 Å². The Hall–Kier alpha value is -3.44. The third-order valence-corrected chi connectivity index (χ3v) is 5.82. The summed E-state index contributed by atoms with van der Waals surface area (Å²) in [7, 11) is 0. The molecule has 32 heavy (non-hydrogen) atoms. The maximum absolute atomic E-state index is 13.3. The summed E-state index contributed by atoms with van der Waals surface area (Å²) in [5.41, 5.74) is 2.63. The fraction of sp³-hybridized carbons (Fsp3) is 0.259. The maximum atomic E-state index is 13.3. The van der Waals surface area contributed by atoms with E-state index in [0.29, 0.717) is 31.7 Å². The molecule has 1 saturated heterocycles. The molecule has 1 fully saturated rings. The Labute approximate surface area is 189 Å². The van der Waals surface area contributed by atoms with E-state index in [2.05, 4.69) is 23.5 Å². The molecule has 1 heterocycles. The van der Waals surface area contributed by atoms with Gasteiger partial charge in [0.05, 0.1) is 13.2 Å². The molecule has 5 nitrogen and oxygen atoms in total. The zero-order valence-electron chi connectivity index (χ0n) is 18.3. The SMILES string of the molecule is CCNC(=O)C1(Cc2ccccc2-c2ccccc2)CN(C(=O)c2ccccc2)CCO1. The summed E-state index contributed by atoms with van der Waals surface area (Å²) in [5, 5.41) is 2.93. The molecule has 0 aromatic heterocycles. The van der Waals surface area contributed by atoms with Crippen molar-refractivity contribution in [3.8, 4) is 11.1 Å². The Morgan fingerprint density at radius 3 is 2.31 bits per heavy atom. The molecule has 1 unspecified atom stereocenters. The van der Waals surface area contributed by atoms with E-state index < -0.39 is 5.60 Å². The van der Waals surface area contributed by atoms with Crippen LogP contribution in [0.3, 0.4) is 0 Å². The van der Waals surface area contributed by atoms with Gasteiger partial charge in [-0.2, -0.15) is 0 Å². The van der Waals surface area contributed by atoms with Crippen LogP contribution in [0, 0.1) is 0 Å². The van der Waals surface area contributed by atoms with Gasteiger partial charge in [-0.15, -0.1) is 0 Å². The van der Waals surface area contributed by atoms with E-state index in [-0.39, 0.29) is 18.4 Å². The van der Waals surface area contributed by atoms with Crippen molar-refractivity contribution in [2.24, 2.45) is 0 Å². The van der Waals surface area contributed by atoms with E-state index >= 15 is 0 Å². The first-order chi connectivity index (χ1) is 15.6. The van der Waals surface area contributed by atoms with Crippen LogP contribution in [0.4, 0.5) is 0 Å². The number of likely N-dealkylation sites (N-methyl/N-ethyl adjacent to an activating group) is 1. The van der Waals surface area contributed by atoms with E-state index in [1.165, 1.54) is 0 Å². The van der Waals surface area contributed by atoms with Crippen LogP contribution in [-0.4, -0.2) is 48.6 Å². The average Bonchev–Trinajstić information content (AvgIpc) is 2.85. The van der Waals surface area contributed by atoms with Gasteiger partial charge in [-0.1, -0.05) is 72.8 Å². The first-order valence-corrected chi connectivity index (χ1v) is 11.0. The Kier molecular flexibility index (Phi) is 6.66. The lowest BCUT2D eigenvalue weighted by Crippen LogP contribution is -2.62. The number of amides is 2. The van der Waals surface area contributed by atoms with Crippen molar-refractivity contribution in [3.05, 3.63) is 96.1 Å². The number of nitrogens with zero attached hydrogens (tertiary/aromatic N) is 1. The lowest BCUT2D eigenvalue weighted by molar-refractivity contribution is -0.157. The zero-order chi connectivity index (χ0) is 22.4. The van der Waals surface area contributed by atoms with Gasteiger partial charge in [-0.3, -0.25) is 9.59 Å². The second-order valence-electron chi connectivity index (χ2n) is 7.99. The van der Waals surface area contributed by atoms with Crippen molar-refractivity contribution < 1.29 is 14.3 Å². The highest BCUT2D eigenvalue weighted by atomic mass is 16.5. The number of benzene rings is 3. The smallest absolute Gasteiger partial charge is 0.254 e. The molecule has 0 spiro atoms. The molecular weight excluding hydrogens is 400 g/mol. The summed E-state index contributed by atoms with van der Waals surface area (Å²) in [4.78, 5) is 28.2. The van der Waals surface area contributed by atoms with Gasteiger partial charge in [-0.25, -0.2) is 0 Å². The number of hydrogen-bond donors (Lipinski definition) is 1. The lowest BCUT2D eigenvalue weighted by atomic mass is 9.87. The van der Waals surface area contributed by atoms with E-state index in [0.717, 1.165) is 16.7 Å². The van der Waals surface area contributed by atoms with E-state index in [1.807, 2.05) is 61.5 Å². The highest BCUT2D eigenvalue weighted by molar-refractivity contribution is 5.95. The number of ether oxygens (including phenoxy) is 1. The Morgan fingerprint density at radius 2 is 1.59 bits per heavy atom. The van der Waals surface area contributed by atoms with Crippen LogP contribution in [0.2, 0.25) is 0 Å². The van der Waals surface area contributed by atoms with Gasteiger partial charge in [0, 0.05) is 25.1 Å². The Morgan fingerprint density at radius 1 is 0.938 bits per heavy atom. The molecule has 1 atom stereocenters. The number of nitrogens with one attached hydrogen (secondary N) is 1. The van der Waals surface area contributed by atoms with E-state index in [4.69, 9.17) is 4.74 Å². The van der Waals surface area contributed by atoms with Gasteiger partial charge in [0.1, 0.15) is 0 Å². The van der Waals surface area contributed by atoms with E-state index in [1.54, 1.807) is 17.0 Å². The minimum Gasteiger partial charge on any atom is -0.361 e. The average molecular weight is 429 g/mol. The third-order valence-electron chi connectivity index (χ3n) is 5.82. The van der Waals surface area contributed by atoms with Gasteiger partial charge in [0.2, 0.25) is 0 Å². The van der Waals surface area contributed by atoms with Crippen molar-refractivity contribution in [1.82, 2.24) is 10.2 Å². The molecule has 2 amide bonds. The van der Waals surface area contributed by atoms with Gasteiger partial charge in [-0.05, 0) is 35.7 Å². The first kappa shape index (κ1) is 21.8. The summed E-state index contributed by atoms with van der Waals surface area (Å²) in [5.74, 6) is -0.271. The summed E-state index contributed by atoms with van der Waals surface area (Å²) in [6, 6.07) is 27.4. The minimum atomic E-state index is -1.15. The van der Waals surface area contributed by atoms with Crippen molar-refractivity contribution >= 4 is 11.8 Å². The fourth-order valence-corrected chi connectivity index (χ4v) is 4.25. The number of hydrogen-bond acceptors (Lipinski definition) is 3. The normalized spacial score (nSPS) is 18.2. The summed E-state index contributed by atoms with van der Waals surface area (Å²) in [6.07, 6.45) is 0.377. The monoisotopic (exact) mass is 428 g/mol. The fourth-order valence-electron chi connectivity index (χ4n) is 4.25. The molecule has 1 N–H and O–H groups in total. The van der Waals surface area contributed by atoms with Crippen LogP contribution in [0.15, 0.2) is 84.9 Å². The molecule has 5 heteroatoms. The largest absolute Gasteiger partial charge is 0.361 e. The van der Waals surface area contributed by atoms with Crippen LogP contribution in [0.5, 0.6) is 0 Å². The molecule has 1 aliphatic rings. The number of carbonyl (C=O) groups excluding carboxylic acids is 2. The predicted molar refractivity (Wildman–Crippen MR) is 125 cm³/mol. The maximum Gasteiger partial charge on any atom is 0.254 e. The molecule has 3 aromatic rings. The molecule has 4 rings (SSSR count). The molecule has 0 radical (unpaired) electrons. The van der Waals surface area contributed by atoms with E-state index in [9.17, 15) is 9.59 Å². The molecule has 0 bridgehead atoms. The molecule has 0 saturated carbocycles. The second-order valence-corrected chi connectivity index (χ2v) is 7.99. The first-order valence-electron chi connectivity index (χ1n) is 11.0. The van der Waals surface area contributed by atoms with Crippen LogP contribution >= 0.6 is 0 Å². The number of rotatable bonds is 6. The van der Waals surface area contributed by atoms with Crippen LogP contribution in [-0.2, 0) is 16.0 Å². The van der Waals surface area contributed by atoms with Crippen molar-refractivity contribution in [3.63, 3.8) is 0 Å². The van der Waals surface area contributed by atoms with Crippen LogP contribution in [0.1, 0.15) is 22.8 Å². The van der Waals surface area contributed by atoms with Gasteiger partial charge in [0.15, 0.2) is 5.60 Å². The quantitative estimate of drug-likeness (QED) is 0.647. The molecule has 1 aliphatic heterocycles. The second kappa shape index (κ2) is 9.79. The van der Waals surface area contributed by atoms with Crippen molar-refractivity contribution in [1.29, 1.82) is 0 Å². The van der Waals surface area contributed by atoms with Gasteiger partial charge < -0.3 is 15.0 Å². The molecule has 0 aliphatic carbocycles. The van der Waals surface area contributed by atoms with Crippen molar-refractivity contribution in [2.75, 3.05) is 26.2 Å². The molecule has 3 aromatic carbocycles. The van der Waals surface area contributed by atoms with Crippen LogP contribution < -0.4 is 5.32 Å².